The topological polar surface area (TPSA) is 98.7 Å². The van der Waals surface area contributed by atoms with Gasteiger partial charge in [-0.05, 0) is 12.8 Å². The monoisotopic (exact) mass is 297 g/mol. The van der Waals surface area contributed by atoms with E-state index in [1.54, 1.807) is 4.90 Å². The van der Waals surface area contributed by atoms with E-state index in [1.807, 2.05) is 0 Å². The second kappa shape index (κ2) is 6.78. The number of aliphatic carboxylic acids is 1. The summed E-state index contributed by atoms with van der Waals surface area (Å²) in [6, 6.07) is -0.255. The number of urea groups is 1. The van der Waals surface area contributed by atoms with E-state index in [4.69, 9.17) is 5.11 Å². The number of carboxylic acids is 1. The molecule has 1 saturated heterocycles. The molecule has 3 amide bonds. The maximum Gasteiger partial charge on any atom is 0.317 e. The number of nitrogens with one attached hydrogen (secondary N) is 2. The summed E-state index contributed by atoms with van der Waals surface area (Å²) in [6.07, 6.45) is 4.62. The summed E-state index contributed by atoms with van der Waals surface area (Å²) in [4.78, 5) is 36.4. The van der Waals surface area contributed by atoms with Gasteiger partial charge >= 0.3 is 12.0 Å². The lowest BCUT2D eigenvalue weighted by Crippen LogP contribution is -2.55. The van der Waals surface area contributed by atoms with Crippen LogP contribution in [0.3, 0.4) is 0 Å². The molecule has 2 fully saturated rings. The first-order chi connectivity index (χ1) is 10.0. The Morgan fingerprint density at radius 1 is 1.24 bits per heavy atom. The Kier molecular flexibility index (Phi) is 5.03. The first-order valence-corrected chi connectivity index (χ1v) is 7.56. The third-order valence-electron chi connectivity index (χ3n) is 4.27. The molecule has 0 aromatic rings. The van der Waals surface area contributed by atoms with E-state index in [2.05, 4.69) is 10.6 Å². The van der Waals surface area contributed by atoms with Crippen molar-refractivity contribution in [3.8, 4) is 0 Å². The molecule has 1 aliphatic heterocycles. The molecule has 0 radical (unpaired) electrons. The van der Waals surface area contributed by atoms with Crippen molar-refractivity contribution in [3.63, 3.8) is 0 Å². The van der Waals surface area contributed by atoms with Crippen molar-refractivity contribution < 1.29 is 19.5 Å². The molecule has 2 rings (SSSR count). The van der Waals surface area contributed by atoms with Crippen LogP contribution in [0.1, 0.15) is 44.9 Å². The quantitative estimate of drug-likeness (QED) is 0.714. The predicted molar refractivity (Wildman–Crippen MR) is 75.8 cm³/mol. The van der Waals surface area contributed by atoms with Crippen LogP contribution in [0.5, 0.6) is 0 Å². The van der Waals surface area contributed by atoms with E-state index in [0.29, 0.717) is 38.9 Å². The summed E-state index contributed by atoms with van der Waals surface area (Å²) >= 11 is 0. The molecule has 3 N–H and O–H groups in total. The van der Waals surface area contributed by atoms with E-state index in [1.165, 1.54) is 0 Å². The molecule has 0 aromatic carbocycles. The molecular formula is C14H23N3O4. The highest BCUT2D eigenvalue weighted by atomic mass is 16.4. The highest BCUT2D eigenvalue weighted by Crippen LogP contribution is 2.31. The lowest BCUT2D eigenvalue weighted by molar-refractivity contribution is -0.139. The molecule has 2 aliphatic rings. The molecular weight excluding hydrogens is 274 g/mol. The minimum atomic E-state index is -0.884. The molecule has 0 spiro atoms. The second-order valence-corrected chi connectivity index (χ2v) is 5.93. The fourth-order valence-corrected chi connectivity index (χ4v) is 3.14. The van der Waals surface area contributed by atoms with Crippen molar-refractivity contribution in [2.75, 3.05) is 19.6 Å². The Morgan fingerprint density at radius 2 is 1.95 bits per heavy atom. The zero-order valence-corrected chi connectivity index (χ0v) is 12.2. The standard InChI is InChI=1S/C14H23N3O4/c18-11-4-8-17(9-7-15-11)13(21)16-14(10-12(19)20)5-2-1-3-6-14/h1-10H2,(H,15,18)(H,16,21)(H,19,20). The van der Waals surface area contributed by atoms with E-state index >= 15 is 0 Å². The molecule has 7 heteroatoms. The molecule has 0 atom stereocenters. The fraction of sp³-hybridized carbons (Fsp3) is 0.786. The van der Waals surface area contributed by atoms with Crippen molar-refractivity contribution in [2.24, 2.45) is 0 Å². The Balaban J connectivity index is 1.99. The number of hydrogen-bond donors (Lipinski definition) is 3. The van der Waals surface area contributed by atoms with Gasteiger partial charge in [0.15, 0.2) is 0 Å². The first-order valence-electron chi connectivity index (χ1n) is 7.56. The van der Waals surface area contributed by atoms with Crippen molar-refractivity contribution in [1.29, 1.82) is 0 Å². The number of carbonyl (C=O) groups is 3. The minimum Gasteiger partial charge on any atom is -0.481 e. The van der Waals surface area contributed by atoms with Crippen LogP contribution in [0, 0.1) is 0 Å². The number of nitrogens with zero attached hydrogens (tertiary/aromatic N) is 1. The molecule has 118 valence electrons. The van der Waals surface area contributed by atoms with E-state index < -0.39 is 11.5 Å². The van der Waals surface area contributed by atoms with Crippen molar-refractivity contribution >= 4 is 17.9 Å². The zero-order valence-electron chi connectivity index (χ0n) is 12.2. The Hall–Kier alpha value is -1.79. The van der Waals surface area contributed by atoms with Crippen LogP contribution in [0.2, 0.25) is 0 Å². The highest BCUT2D eigenvalue weighted by Gasteiger charge is 2.37. The van der Waals surface area contributed by atoms with Gasteiger partial charge in [-0.2, -0.15) is 0 Å². The Morgan fingerprint density at radius 3 is 2.62 bits per heavy atom. The van der Waals surface area contributed by atoms with Crippen molar-refractivity contribution in [3.05, 3.63) is 0 Å². The maximum absolute atomic E-state index is 12.4. The number of carbonyl (C=O) groups excluding carboxylic acids is 2. The molecule has 0 bridgehead atoms. The molecule has 1 saturated carbocycles. The third kappa shape index (κ3) is 4.34. The van der Waals surface area contributed by atoms with Gasteiger partial charge in [-0.3, -0.25) is 9.59 Å². The summed E-state index contributed by atoms with van der Waals surface area (Å²) in [5.41, 5.74) is -0.634. The van der Waals surface area contributed by atoms with Gasteiger partial charge in [0.2, 0.25) is 5.91 Å². The van der Waals surface area contributed by atoms with Gasteiger partial charge in [-0.25, -0.2) is 4.79 Å². The SMILES string of the molecule is O=C(O)CC1(NC(=O)N2CCNC(=O)CC2)CCCCC1. The van der Waals surface area contributed by atoms with Crippen LogP contribution in [0.25, 0.3) is 0 Å². The normalized spacial score (nSPS) is 22.1. The summed E-state index contributed by atoms with van der Waals surface area (Å²) in [7, 11) is 0. The molecule has 0 aromatic heterocycles. The van der Waals surface area contributed by atoms with Crippen LogP contribution in [-0.4, -0.2) is 53.1 Å². The summed E-state index contributed by atoms with van der Waals surface area (Å²) in [5, 5.41) is 14.8. The second-order valence-electron chi connectivity index (χ2n) is 5.93. The fourth-order valence-electron chi connectivity index (χ4n) is 3.14. The lowest BCUT2D eigenvalue weighted by atomic mass is 9.79. The number of hydrogen-bond acceptors (Lipinski definition) is 3. The van der Waals surface area contributed by atoms with Gasteiger partial charge in [0.25, 0.3) is 0 Å². The minimum absolute atomic E-state index is 0.0379. The van der Waals surface area contributed by atoms with Crippen LogP contribution in [0.4, 0.5) is 4.79 Å². The van der Waals surface area contributed by atoms with Crippen LogP contribution >= 0.6 is 0 Å². The number of amides is 3. The molecule has 21 heavy (non-hydrogen) atoms. The molecule has 1 aliphatic carbocycles. The Bertz CT molecular complexity index is 418. The van der Waals surface area contributed by atoms with E-state index in [9.17, 15) is 14.4 Å². The van der Waals surface area contributed by atoms with Gasteiger partial charge in [-0.1, -0.05) is 19.3 Å². The zero-order chi connectivity index (χ0) is 15.3. The molecule has 0 unspecified atom stereocenters. The van der Waals surface area contributed by atoms with Gasteiger partial charge in [0.05, 0.1) is 12.0 Å². The smallest absolute Gasteiger partial charge is 0.317 e. The first kappa shape index (κ1) is 15.6. The van der Waals surface area contributed by atoms with Gasteiger partial charge in [0.1, 0.15) is 0 Å². The lowest BCUT2D eigenvalue weighted by Gasteiger charge is -2.38. The van der Waals surface area contributed by atoms with Crippen molar-refractivity contribution in [1.82, 2.24) is 15.5 Å². The molecule has 1 heterocycles. The average Bonchev–Trinajstić information content (AvgIpc) is 2.63. The van der Waals surface area contributed by atoms with Crippen LogP contribution < -0.4 is 10.6 Å². The summed E-state index contributed by atoms with van der Waals surface area (Å²) in [5.74, 6) is -0.937. The largest absolute Gasteiger partial charge is 0.481 e. The Labute approximate surface area is 124 Å². The van der Waals surface area contributed by atoms with Crippen molar-refractivity contribution in [2.45, 2.75) is 50.5 Å². The van der Waals surface area contributed by atoms with Gasteiger partial charge < -0.3 is 20.6 Å². The van der Waals surface area contributed by atoms with Crippen LogP contribution in [-0.2, 0) is 9.59 Å². The molecule has 7 nitrogen and oxygen atoms in total. The third-order valence-corrected chi connectivity index (χ3v) is 4.27. The predicted octanol–water partition coefficient (Wildman–Crippen LogP) is 0.695. The van der Waals surface area contributed by atoms with E-state index in [0.717, 1.165) is 19.3 Å². The number of carboxylic acid groups (broad SMARTS) is 1. The van der Waals surface area contributed by atoms with Crippen LogP contribution in [0.15, 0.2) is 0 Å². The maximum atomic E-state index is 12.4. The van der Waals surface area contributed by atoms with Gasteiger partial charge in [-0.15, -0.1) is 0 Å². The average molecular weight is 297 g/mol. The van der Waals surface area contributed by atoms with Gasteiger partial charge in [0, 0.05) is 26.1 Å². The number of rotatable bonds is 3. The highest BCUT2D eigenvalue weighted by molar-refractivity contribution is 5.80. The summed E-state index contributed by atoms with van der Waals surface area (Å²) < 4.78 is 0. The summed E-state index contributed by atoms with van der Waals surface area (Å²) in [6.45, 7) is 1.28. The van der Waals surface area contributed by atoms with E-state index in [-0.39, 0.29) is 18.4 Å².